The molecule has 0 aliphatic carbocycles. The summed E-state index contributed by atoms with van der Waals surface area (Å²) in [6, 6.07) is 11.5. The van der Waals surface area contributed by atoms with E-state index in [2.05, 4.69) is 36.9 Å². The average molecular weight is 446 g/mol. The Morgan fingerprint density at radius 2 is 1.97 bits per heavy atom. The molecule has 1 aliphatic rings. The lowest BCUT2D eigenvalue weighted by Crippen LogP contribution is -2.36. The van der Waals surface area contributed by atoms with Crippen LogP contribution in [-0.4, -0.2) is 42.2 Å². The first kappa shape index (κ1) is 20.4. The lowest BCUT2D eigenvalue weighted by molar-refractivity contribution is 0.102. The molecule has 0 spiro atoms. The molecule has 8 heteroatoms. The van der Waals surface area contributed by atoms with Crippen molar-refractivity contribution in [3.63, 3.8) is 0 Å². The number of nitrogens with zero attached hydrogens (tertiary/aromatic N) is 3. The third kappa shape index (κ3) is 4.28. The fourth-order valence-electron chi connectivity index (χ4n) is 3.70. The number of hydrogen-bond donors (Lipinski definition) is 2. The SMILES string of the molecule is Cc1ccc(NC(=O)c2ccnc(N3CCOCC3)c2)cc1Nc1cncc2sccc12. The number of aromatic nitrogens is 2. The first-order valence-electron chi connectivity index (χ1n) is 10.5. The van der Waals surface area contributed by atoms with Crippen LogP contribution in [0.4, 0.5) is 22.9 Å². The molecule has 5 rings (SSSR count). The number of fused-ring (bicyclic) bond motifs is 1. The van der Waals surface area contributed by atoms with E-state index in [0.29, 0.717) is 18.8 Å². The highest BCUT2D eigenvalue weighted by atomic mass is 32.1. The summed E-state index contributed by atoms with van der Waals surface area (Å²) in [5.74, 6) is 0.627. The second-order valence-electron chi connectivity index (χ2n) is 7.63. The van der Waals surface area contributed by atoms with Crippen molar-refractivity contribution in [1.29, 1.82) is 0 Å². The van der Waals surface area contributed by atoms with Crippen molar-refractivity contribution in [3.8, 4) is 0 Å². The largest absolute Gasteiger partial charge is 0.378 e. The number of amides is 1. The second-order valence-corrected chi connectivity index (χ2v) is 8.58. The van der Waals surface area contributed by atoms with E-state index in [-0.39, 0.29) is 5.91 Å². The summed E-state index contributed by atoms with van der Waals surface area (Å²) in [4.78, 5) is 23.8. The van der Waals surface area contributed by atoms with Gasteiger partial charge in [0.2, 0.25) is 0 Å². The average Bonchev–Trinajstić information content (AvgIpc) is 3.32. The number of carbonyl (C=O) groups excluding carboxylic acids is 1. The van der Waals surface area contributed by atoms with Gasteiger partial charge in [0.15, 0.2) is 0 Å². The molecule has 1 amide bonds. The molecular formula is C24H23N5O2S. The van der Waals surface area contributed by atoms with Crippen molar-refractivity contribution in [2.45, 2.75) is 6.92 Å². The Bertz CT molecular complexity index is 1270. The van der Waals surface area contributed by atoms with Crippen LogP contribution in [0.5, 0.6) is 0 Å². The lowest BCUT2D eigenvalue weighted by Gasteiger charge is -2.27. The van der Waals surface area contributed by atoms with Gasteiger partial charge in [0.25, 0.3) is 5.91 Å². The van der Waals surface area contributed by atoms with E-state index >= 15 is 0 Å². The monoisotopic (exact) mass is 445 g/mol. The zero-order valence-electron chi connectivity index (χ0n) is 17.7. The number of benzene rings is 1. The quantitative estimate of drug-likeness (QED) is 0.458. The summed E-state index contributed by atoms with van der Waals surface area (Å²) < 4.78 is 6.53. The Hall–Kier alpha value is -3.49. The summed E-state index contributed by atoms with van der Waals surface area (Å²) in [5, 5.41) is 9.67. The number of morpholine rings is 1. The van der Waals surface area contributed by atoms with Crippen LogP contribution in [0.15, 0.2) is 60.4 Å². The molecule has 1 aliphatic heterocycles. The molecule has 1 saturated heterocycles. The van der Waals surface area contributed by atoms with Gasteiger partial charge >= 0.3 is 0 Å². The summed E-state index contributed by atoms with van der Waals surface area (Å²) in [6.07, 6.45) is 5.37. The number of carbonyl (C=O) groups is 1. The number of ether oxygens (including phenoxy) is 1. The molecule has 162 valence electrons. The summed E-state index contributed by atoms with van der Waals surface area (Å²) >= 11 is 1.66. The Morgan fingerprint density at radius 1 is 1.09 bits per heavy atom. The number of aryl methyl sites for hydroxylation is 1. The van der Waals surface area contributed by atoms with Gasteiger partial charge in [-0.1, -0.05) is 6.07 Å². The van der Waals surface area contributed by atoms with Gasteiger partial charge in [0.1, 0.15) is 5.82 Å². The van der Waals surface area contributed by atoms with Gasteiger partial charge in [0, 0.05) is 47.8 Å². The number of pyridine rings is 2. The lowest BCUT2D eigenvalue weighted by atomic mass is 10.1. The Labute approximate surface area is 190 Å². The molecule has 0 radical (unpaired) electrons. The fourth-order valence-corrected chi connectivity index (χ4v) is 4.48. The maximum Gasteiger partial charge on any atom is 0.255 e. The maximum absolute atomic E-state index is 12.9. The van der Waals surface area contributed by atoms with E-state index in [9.17, 15) is 4.79 Å². The van der Waals surface area contributed by atoms with Crippen LogP contribution in [0.25, 0.3) is 10.1 Å². The molecule has 1 fully saturated rings. The van der Waals surface area contributed by atoms with Gasteiger partial charge in [-0.25, -0.2) is 4.98 Å². The molecule has 2 N–H and O–H groups in total. The van der Waals surface area contributed by atoms with Crippen LogP contribution in [0.2, 0.25) is 0 Å². The van der Waals surface area contributed by atoms with Crippen molar-refractivity contribution in [3.05, 3.63) is 71.5 Å². The van der Waals surface area contributed by atoms with Crippen LogP contribution in [0.1, 0.15) is 15.9 Å². The first-order valence-corrected chi connectivity index (χ1v) is 11.3. The molecule has 1 aromatic carbocycles. The fraction of sp³-hybridized carbons (Fsp3) is 0.208. The van der Waals surface area contributed by atoms with Gasteiger partial charge in [-0.15, -0.1) is 11.3 Å². The van der Waals surface area contributed by atoms with E-state index < -0.39 is 0 Å². The number of rotatable bonds is 5. The van der Waals surface area contributed by atoms with E-state index in [0.717, 1.165) is 51.6 Å². The molecular weight excluding hydrogens is 422 g/mol. The Kier molecular flexibility index (Phi) is 5.70. The van der Waals surface area contributed by atoms with Gasteiger partial charge in [-0.3, -0.25) is 9.78 Å². The summed E-state index contributed by atoms with van der Waals surface area (Å²) in [6.45, 7) is 4.93. The Balaban J connectivity index is 1.35. The van der Waals surface area contributed by atoms with Gasteiger partial charge in [-0.05, 0) is 48.2 Å². The van der Waals surface area contributed by atoms with Crippen molar-refractivity contribution in [1.82, 2.24) is 9.97 Å². The highest BCUT2D eigenvalue weighted by molar-refractivity contribution is 7.17. The topological polar surface area (TPSA) is 79.4 Å². The standard InChI is InChI=1S/C24H23N5O2S/c1-16-2-3-18(13-20(16)28-21-14-25-15-22-19(21)5-11-32-22)27-24(30)17-4-6-26-23(12-17)29-7-9-31-10-8-29/h2-6,11-15,28H,7-10H2,1H3,(H,27,30). The summed E-state index contributed by atoms with van der Waals surface area (Å²) in [5.41, 5.74) is 4.24. The zero-order valence-corrected chi connectivity index (χ0v) is 18.5. The van der Waals surface area contributed by atoms with Crippen LogP contribution in [-0.2, 0) is 4.74 Å². The maximum atomic E-state index is 12.9. The van der Waals surface area contributed by atoms with E-state index in [1.165, 1.54) is 0 Å². The molecule has 0 bridgehead atoms. The number of nitrogens with one attached hydrogen (secondary N) is 2. The van der Waals surface area contributed by atoms with E-state index in [4.69, 9.17) is 4.74 Å². The minimum atomic E-state index is -0.168. The van der Waals surface area contributed by atoms with Gasteiger partial charge in [0.05, 0.1) is 29.8 Å². The third-order valence-electron chi connectivity index (χ3n) is 5.49. The predicted molar refractivity (Wildman–Crippen MR) is 129 cm³/mol. The molecule has 4 aromatic rings. The molecule has 0 saturated carbocycles. The molecule has 0 unspecified atom stereocenters. The molecule has 3 aromatic heterocycles. The highest BCUT2D eigenvalue weighted by Crippen LogP contribution is 2.31. The third-order valence-corrected chi connectivity index (χ3v) is 6.34. The van der Waals surface area contributed by atoms with Crippen molar-refractivity contribution in [2.24, 2.45) is 0 Å². The zero-order chi connectivity index (χ0) is 21.9. The van der Waals surface area contributed by atoms with E-state index in [1.54, 1.807) is 23.6 Å². The second kappa shape index (κ2) is 8.94. The van der Waals surface area contributed by atoms with Gasteiger partial charge < -0.3 is 20.3 Å². The number of hydrogen-bond acceptors (Lipinski definition) is 7. The van der Waals surface area contributed by atoms with Crippen LogP contribution >= 0.6 is 11.3 Å². The molecule has 32 heavy (non-hydrogen) atoms. The minimum Gasteiger partial charge on any atom is -0.378 e. The first-order chi connectivity index (χ1) is 15.7. The van der Waals surface area contributed by atoms with Gasteiger partial charge in [-0.2, -0.15) is 0 Å². The minimum absolute atomic E-state index is 0.168. The van der Waals surface area contributed by atoms with Crippen LogP contribution in [0.3, 0.4) is 0 Å². The molecule has 7 nitrogen and oxygen atoms in total. The number of thiophene rings is 1. The normalized spacial score (nSPS) is 13.8. The molecule has 4 heterocycles. The predicted octanol–water partition coefficient (Wildman–Crippen LogP) is 4.83. The van der Waals surface area contributed by atoms with Crippen molar-refractivity contribution < 1.29 is 9.53 Å². The summed E-state index contributed by atoms with van der Waals surface area (Å²) in [7, 11) is 0. The highest BCUT2D eigenvalue weighted by Gasteiger charge is 2.15. The van der Waals surface area contributed by atoms with Crippen molar-refractivity contribution in [2.75, 3.05) is 41.8 Å². The smallest absolute Gasteiger partial charge is 0.255 e. The van der Waals surface area contributed by atoms with E-state index in [1.807, 2.05) is 43.6 Å². The molecule has 0 atom stereocenters. The van der Waals surface area contributed by atoms with Crippen molar-refractivity contribution >= 4 is 50.2 Å². The van der Waals surface area contributed by atoms with Crippen LogP contribution in [0, 0.1) is 6.92 Å². The van der Waals surface area contributed by atoms with Crippen LogP contribution < -0.4 is 15.5 Å². The number of anilines is 4. The Morgan fingerprint density at radius 3 is 2.84 bits per heavy atom.